The van der Waals surface area contributed by atoms with Gasteiger partial charge in [-0.25, -0.2) is 4.98 Å². The molecule has 1 aliphatic heterocycles. The van der Waals surface area contributed by atoms with Crippen molar-refractivity contribution >= 4 is 22.7 Å². The molecule has 0 unspecified atom stereocenters. The number of carbonyl (C=O) groups excluding carboxylic acids is 1. The standard InChI is InChI=1S/C29H26N4O3/c34-29(33-17-15-32(16-18-33)28-25-6-1-2-7-27(25)36-31-28)23-11-13-26(35-20-21-8-9-21)22(19-23)10-12-24-5-3-4-14-30-24/h1-7,11,13-14,19,21H,8-9,15-18,20H2. The molecule has 0 atom stereocenters. The minimum Gasteiger partial charge on any atom is -0.492 e. The number of hydrogen-bond donors (Lipinski definition) is 0. The Morgan fingerprint density at radius 2 is 1.83 bits per heavy atom. The molecule has 2 aromatic carbocycles. The van der Waals surface area contributed by atoms with Crippen LogP contribution >= 0.6 is 0 Å². The normalized spacial score (nSPS) is 15.4. The Morgan fingerprint density at radius 1 is 1.00 bits per heavy atom. The molecule has 180 valence electrons. The summed E-state index contributed by atoms with van der Waals surface area (Å²) in [5.41, 5.74) is 2.77. The molecule has 7 nitrogen and oxygen atoms in total. The number of benzene rings is 2. The van der Waals surface area contributed by atoms with Crippen molar-refractivity contribution in [1.29, 1.82) is 0 Å². The van der Waals surface area contributed by atoms with Crippen molar-refractivity contribution in [2.45, 2.75) is 12.8 Å². The fourth-order valence-electron chi connectivity index (χ4n) is 4.35. The second-order valence-electron chi connectivity index (χ2n) is 9.21. The first-order valence-corrected chi connectivity index (χ1v) is 12.3. The maximum Gasteiger partial charge on any atom is 0.254 e. The van der Waals surface area contributed by atoms with Crippen molar-refractivity contribution < 1.29 is 14.1 Å². The molecule has 1 saturated heterocycles. The second-order valence-corrected chi connectivity index (χ2v) is 9.21. The van der Waals surface area contributed by atoms with Crippen LogP contribution in [-0.4, -0.2) is 53.7 Å². The van der Waals surface area contributed by atoms with E-state index in [1.165, 1.54) is 12.8 Å². The minimum atomic E-state index is -0.00529. The SMILES string of the molecule is O=C(c1ccc(OCC2CC2)c(C#Cc2ccccn2)c1)N1CCN(c2noc3ccccc23)CC1. The topological polar surface area (TPSA) is 71.7 Å². The van der Waals surface area contributed by atoms with Crippen LogP contribution in [0.5, 0.6) is 5.75 Å². The van der Waals surface area contributed by atoms with E-state index in [0.717, 1.165) is 16.8 Å². The Morgan fingerprint density at radius 3 is 2.64 bits per heavy atom. The Bertz CT molecular complexity index is 1440. The van der Waals surface area contributed by atoms with Gasteiger partial charge in [-0.3, -0.25) is 4.79 Å². The van der Waals surface area contributed by atoms with E-state index in [0.29, 0.717) is 61.3 Å². The summed E-state index contributed by atoms with van der Waals surface area (Å²) in [6, 6.07) is 19.0. The highest BCUT2D eigenvalue weighted by molar-refractivity contribution is 5.95. The minimum absolute atomic E-state index is 0.00529. The number of hydrogen-bond acceptors (Lipinski definition) is 6. The summed E-state index contributed by atoms with van der Waals surface area (Å²) in [6.07, 6.45) is 4.14. The van der Waals surface area contributed by atoms with Crippen LogP contribution in [0.15, 0.2) is 71.4 Å². The summed E-state index contributed by atoms with van der Waals surface area (Å²) in [5.74, 6) is 8.45. The van der Waals surface area contributed by atoms with E-state index in [4.69, 9.17) is 9.26 Å². The number of para-hydroxylation sites is 1. The molecule has 36 heavy (non-hydrogen) atoms. The molecule has 3 heterocycles. The van der Waals surface area contributed by atoms with E-state index in [1.54, 1.807) is 6.20 Å². The number of carbonyl (C=O) groups is 1. The third kappa shape index (κ3) is 4.76. The first kappa shape index (κ1) is 22.2. The molecule has 0 radical (unpaired) electrons. The van der Waals surface area contributed by atoms with Crippen LogP contribution in [0.4, 0.5) is 5.82 Å². The largest absolute Gasteiger partial charge is 0.492 e. The average Bonchev–Trinajstić information content (AvgIpc) is 3.67. The number of rotatable bonds is 5. The van der Waals surface area contributed by atoms with E-state index in [-0.39, 0.29) is 5.91 Å². The van der Waals surface area contributed by atoms with Crippen LogP contribution < -0.4 is 9.64 Å². The molecule has 6 rings (SSSR count). The number of piperazine rings is 1. The number of ether oxygens (including phenoxy) is 1. The predicted octanol–water partition coefficient (Wildman–Crippen LogP) is 4.37. The maximum absolute atomic E-state index is 13.4. The molecule has 1 amide bonds. The van der Waals surface area contributed by atoms with Gasteiger partial charge in [0.25, 0.3) is 5.91 Å². The van der Waals surface area contributed by atoms with Crippen LogP contribution in [0.2, 0.25) is 0 Å². The quantitative estimate of drug-likeness (QED) is 0.397. The number of aromatic nitrogens is 2. The zero-order valence-corrected chi connectivity index (χ0v) is 19.9. The van der Waals surface area contributed by atoms with Crippen molar-refractivity contribution in [3.8, 4) is 17.6 Å². The van der Waals surface area contributed by atoms with Crippen molar-refractivity contribution in [2.75, 3.05) is 37.7 Å². The van der Waals surface area contributed by atoms with Gasteiger partial charge in [-0.1, -0.05) is 29.3 Å². The van der Waals surface area contributed by atoms with Crippen LogP contribution in [0.1, 0.15) is 34.5 Å². The molecular weight excluding hydrogens is 452 g/mol. The van der Waals surface area contributed by atoms with Crippen LogP contribution in [0.3, 0.4) is 0 Å². The first-order chi connectivity index (χ1) is 17.7. The van der Waals surface area contributed by atoms with Crippen LogP contribution in [-0.2, 0) is 0 Å². The number of anilines is 1. The van der Waals surface area contributed by atoms with Gasteiger partial charge in [0.15, 0.2) is 11.4 Å². The summed E-state index contributed by atoms with van der Waals surface area (Å²) in [7, 11) is 0. The molecule has 7 heteroatoms. The molecule has 1 saturated carbocycles. The number of amides is 1. The summed E-state index contributed by atoms with van der Waals surface area (Å²) in [5, 5.41) is 5.26. The Labute approximate surface area is 209 Å². The highest BCUT2D eigenvalue weighted by Gasteiger charge is 2.26. The second kappa shape index (κ2) is 9.74. The lowest BCUT2D eigenvalue weighted by Gasteiger charge is -2.34. The lowest BCUT2D eigenvalue weighted by molar-refractivity contribution is 0.0746. The molecular formula is C29H26N4O3. The van der Waals surface area contributed by atoms with E-state index >= 15 is 0 Å². The summed E-state index contributed by atoms with van der Waals surface area (Å²) in [6.45, 7) is 3.28. The Kier molecular flexibility index (Phi) is 6.00. The first-order valence-electron chi connectivity index (χ1n) is 12.3. The molecule has 0 N–H and O–H groups in total. The van der Waals surface area contributed by atoms with Gasteiger partial charge in [-0.05, 0) is 67.1 Å². The van der Waals surface area contributed by atoms with Gasteiger partial charge < -0.3 is 19.1 Å². The van der Waals surface area contributed by atoms with E-state index in [1.807, 2.05) is 65.6 Å². The van der Waals surface area contributed by atoms with Crippen molar-refractivity contribution in [1.82, 2.24) is 15.0 Å². The van der Waals surface area contributed by atoms with Gasteiger partial charge in [0.05, 0.1) is 17.6 Å². The van der Waals surface area contributed by atoms with Gasteiger partial charge in [0, 0.05) is 37.9 Å². The summed E-state index contributed by atoms with van der Waals surface area (Å²) >= 11 is 0. The molecule has 4 aromatic rings. The van der Waals surface area contributed by atoms with Gasteiger partial charge in [0.2, 0.25) is 0 Å². The Hall–Kier alpha value is -4.31. The zero-order chi connectivity index (χ0) is 24.3. The average molecular weight is 479 g/mol. The van der Waals surface area contributed by atoms with Gasteiger partial charge in [-0.15, -0.1) is 0 Å². The van der Waals surface area contributed by atoms with Crippen molar-refractivity contribution in [2.24, 2.45) is 5.92 Å². The lowest BCUT2D eigenvalue weighted by atomic mass is 10.1. The molecule has 2 fully saturated rings. The molecule has 2 aliphatic rings. The number of pyridine rings is 1. The van der Waals surface area contributed by atoms with Crippen molar-refractivity contribution in [3.05, 3.63) is 83.7 Å². The van der Waals surface area contributed by atoms with Crippen LogP contribution in [0.25, 0.3) is 11.0 Å². The summed E-state index contributed by atoms with van der Waals surface area (Å²) < 4.78 is 11.5. The van der Waals surface area contributed by atoms with Gasteiger partial charge in [0.1, 0.15) is 11.4 Å². The van der Waals surface area contributed by atoms with Crippen LogP contribution in [0, 0.1) is 17.8 Å². The summed E-state index contributed by atoms with van der Waals surface area (Å²) in [4.78, 5) is 21.7. The van der Waals surface area contributed by atoms with Gasteiger partial charge >= 0.3 is 0 Å². The number of nitrogens with zero attached hydrogens (tertiary/aromatic N) is 4. The van der Waals surface area contributed by atoms with Crippen molar-refractivity contribution in [3.63, 3.8) is 0 Å². The third-order valence-electron chi connectivity index (χ3n) is 6.61. The predicted molar refractivity (Wildman–Crippen MR) is 137 cm³/mol. The molecule has 1 aliphatic carbocycles. The maximum atomic E-state index is 13.4. The zero-order valence-electron chi connectivity index (χ0n) is 19.9. The third-order valence-corrected chi connectivity index (χ3v) is 6.61. The van der Waals surface area contributed by atoms with E-state index in [2.05, 4.69) is 26.9 Å². The monoisotopic (exact) mass is 478 g/mol. The van der Waals surface area contributed by atoms with E-state index < -0.39 is 0 Å². The van der Waals surface area contributed by atoms with E-state index in [9.17, 15) is 4.79 Å². The fraction of sp³-hybridized carbons (Fsp3) is 0.276. The highest BCUT2D eigenvalue weighted by atomic mass is 16.5. The molecule has 2 aromatic heterocycles. The molecule has 0 spiro atoms. The fourth-order valence-corrected chi connectivity index (χ4v) is 4.35. The lowest BCUT2D eigenvalue weighted by Crippen LogP contribution is -2.49. The highest BCUT2D eigenvalue weighted by Crippen LogP contribution is 2.31. The van der Waals surface area contributed by atoms with Gasteiger partial charge in [-0.2, -0.15) is 0 Å². The number of fused-ring (bicyclic) bond motifs is 1. The Balaban J connectivity index is 1.18. The molecule has 0 bridgehead atoms. The smallest absolute Gasteiger partial charge is 0.254 e.